The maximum absolute atomic E-state index is 14.2. The van der Waals surface area contributed by atoms with Crippen LogP contribution in [0.3, 0.4) is 0 Å². The van der Waals surface area contributed by atoms with Gasteiger partial charge in [-0.25, -0.2) is 14.5 Å². The summed E-state index contributed by atoms with van der Waals surface area (Å²) < 4.78 is 3.23. The average molecular weight is 545 g/mol. The van der Waals surface area contributed by atoms with Gasteiger partial charge in [0.25, 0.3) is 11.5 Å². The Balaban J connectivity index is 1.48. The Hall–Kier alpha value is -5.07. The SMILES string of the molecule is Cc1csc(C#Cc2cccc3cc([C@@H](C)NC(=O)c4c(C)nn5cccnc45)n(-c4ccccc4)c(=O)c23)n1. The Bertz CT molecular complexity index is 2030. The van der Waals surface area contributed by atoms with E-state index in [1.807, 2.05) is 73.8 Å². The lowest BCUT2D eigenvalue weighted by Gasteiger charge is -2.21. The van der Waals surface area contributed by atoms with Crippen molar-refractivity contribution in [2.45, 2.75) is 26.8 Å². The summed E-state index contributed by atoms with van der Waals surface area (Å²) in [5, 5.41) is 11.4. The Labute approximate surface area is 234 Å². The topological polar surface area (TPSA) is 94.2 Å². The molecule has 196 valence electrons. The number of rotatable bonds is 4. The molecule has 0 aliphatic rings. The fraction of sp³-hybridized carbons (Fsp3) is 0.129. The number of fused-ring (bicyclic) bond motifs is 2. The summed E-state index contributed by atoms with van der Waals surface area (Å²) in [6.07, 6.45) is 3.38. The fourth-order valence-corrected chi connectivity index (χ4v) is 5.43. The molecule has 0 spiro atoms. The molecular formula is C31H24N6O2S. The van der Waals surface area contributed by atoms with Crippen LogP contribution in [-0.2, 0) is 0 Å². The minimum Gasteiger partial charge on any atom is -0.344 e. The van der Waals surface area contributed by atoms with Gasteiger partial charge in [0.1, 0.15) is 5.56 Å². The van der Waals surface area contributed by atoms with Gasteiger partial charge in [-0.3, -0.25) is 14.2 Å². The molecule has 4 aromatic heterocycles. The maximum atomic E-state index is 14.2. The van der Waals surface area contributed by atoms with Crippen LogP contribution in [0.15, 0.2) is 83.2 Å². The molecule has 1 atom stereocenters. The largest absolute Gasteiger partial charge is 0.344 e. The molecule has 4 heterocycles. The lowest BCUT2D eigenvalue weighted by molar-refractivity contribution is 0.0939. The Morgan fingerprint density at radius 3 is 2.65 bits per heavy atom. The summed E-state index contributed by atoms with van der Waals surface area (Å²) in [4.78, 5) is 36.4. The van der Waals surface area contributed by atoms with Gasteiger partial charge in [-0.1, -0.05) is 36.3 Å². The quantitative estimate of drug-likeness (QED) is 0.315. The zero-order valence-corrected chi connectivity index (χ0v) is 22.9. The van der Waals surface area contributed by atoms with Crippen LogP contribution in [0.2, 0.25) is 0 Å². The molecule has 1 amide bonds. The first-order valence-corrected chi connectivity index (χ1v) is 13.6. The van der Waals surface area contributed by atoms with Crippen LogP contribution in [0.4, 0.5) is 0 Å². The van der Waals surface area contributed by atoms with Crippen LogP contribution >= 0.6 is 11.3 Å². The second-order valence-electron chi connectivity index (χ2n) is 9.40. The molecule has 2 aromatic carbocycles. The van der Waals surface area contributed by atoms with E-state index in [0.717, 1.165) is 11.1 Å². The first-order valence-electron chi connectivity index (χ1n) is 12.7. The van der Waals surface area contributed by atoms with Gasteiger partial charge in [0, 0.05) is 40.4 Å². The van der Waals surface area contributed by atoms with E-state index in [2.05, 4.69) is 32.2 Å². The molecule has 0 aliphatic heterocycles. The van der Waals surface area contributed by atoms with Crippen molar-refractivity contribution in [3.63, 3.8) is 0 Å². The number of aryl methyl sites for hydroxylation is 2. The molecule has 0 fully saturated rings. The number of nitrogens with one attached hydrogen (secondary N) is 1. The summed E-state index contributed by atoms with van der Waals surface area (Å²) in [6, 6.07) is 18.2. The maximum Gasteiger partial charge on any atom is 0.264 e. The van der Waals surface area contributed by atoms with E-state index in [1.54, 1.807) is 34.5 Å². The number of benzene rings is 2. The number of para-hydroxylation sites is 1. The van der Waals surface area contributed by atoms with Crippen molar-refractivity contribution < 1.29 is 4.79 Å². The van der Waals surface area contributed by atoms with Gasteiger partial charge in [0.15, 0.2) is 10.7 Å². The van der Waals surface area contributed by atoms with E-state index >= 15 is 0 Å². The molecule has 6 rings (SSSR count). The van der Waals surface area contributed by atoms with Crippen molar-refractivity contribution in [3.05, 3.63) is 122 Å². The van der Waals surface area contributed by atoms with Crippen molar-refractivity contribution in [1.82, 2.24) is 29.5 Å². The summed E-state index contributed by atoms with van der Waals surface area (Å²) in [7, 11) is 0. The first-order chi connectivity index (χ1) is 19.4. The molecule has 0 aliphatic carbocycles. The molecule has 0 radical (unpaired) electrons. The number of carbonyl (C=O) groups is 1. The molecule has 0 saturated carbocycles. The second-order valence-corrected chi connectivity index (χ2v) is 10.3. The third kappa shape index (κ3) is 4.55. The third-order valence-electron chi connectivity index (χ3n) is 6.60. The van der Waals surface area contributed by atoms with Crippen LogP contribution in [-0.4, -0.2) is 30.1 Å². The zero-order valence-electron chi connectivity index (χ0n) is 22.0. The Morgan fingerprint density at radius 2 is 1.88 bits per heavy atom. The molecule has 40 heavy (non-hydrogen) atoms. The number of pyridine rings is 1. The molecule has 0 unspecified atom stereocenters. The van der Waals surface area contributed by atoms with Gasteiger partial charge in [-0.2, -0.15) is 5.10 Å². The lowest BCUT2D eigenvalue weighted by Crippen LogP contribution is -2.32. The molecule has 0 saturated heterocycles. The fourth-order valence-electron chi connectivity index (χ4n) is 4.79. The summed E-state index contributed by atoms with van der Waals surface area (Å²) in [6.45, 7) is 5.56. The summed E-state index contributed by atoms with van der Waals surface area (Å²) in [5.74, 6) is 5.94. The molecule has 0 bridgehead atoms. The van der Waals surface area contributed by atoms with Crippen LogP contribution in [0.5, 0.6) is 0 Å². The predicted octanol–water partition coefficient (Wildman–Crippen LogP) is 5.00. The highest BCUT2D eigenvalue weighted by molar-refractivity contribution is 7.10. The van der Waals surface area contributed by atoms with Crippen molar-refractivity contribution in [3.8, 4) is 17.5 Å². The molecule has 1 N–H and O–H groups in total. The van der Waals surface area contributed by atoms with Crippen molar-refractivity contribution in [2.24, 2.45) is 0 Å². The highest BCUT2D eigenvalue weighted by Gasteiger charge is 2.23. The van der Waals surface area contributed by atoms with E-state index in [-0.39, 0.29) is 11.5 Å². The molecule has 8 nitrogen and oxygen atoms in total. The van der Waals surface area contributed by atoms with Crippen LogP contribution in [0, 0.1) is 25.7 Å². The smallest absolute Gasteiger partial charge is 0.264 e. The van der Waals surface area contributed by atoms with Gasteiger partial charge in [0.2, 0.25) is 0 Å². The minimum absolute atomic E-state index is 0.214. The number of carbonyl (C=O) groups excluding carboxylic acids is 1. The number of aromatic nitrogens is 5. The van der Waals surface area contributed by atoms with E-state index in [9.17, 15) is 9.59 Å². The van der Waals surface area contributed by atoms with Crippen LogP contribution < -0.4 is 10.9 Å². The number of amides is 1. The predicted molar refractivity (Wildman–Crippen MR) is 156 cm³/mol. The summed E-state index contributed by atoms with van der Waals surface area (Å²) >= 11 is 1.47. The number of thiazole rings is 1. The number of hydrogen-bond donors (Lipinski definition) is 1. The zero-order chi connectivity index (χ0) is 27.8. The van der Waals surface area contributed by atoms with Gasteiger partial charge in [-0.15, -0.1) is 11.3 Å². The van der Waals surface area contributed by atoms with E-state index in [4.69, 9.17) is 0 Å². The van der Waals surface area contributed by atoms with Crippen LogP contribution in [0.25, 0.3) is 22.1 Å². The minimum atomic E-state index is -0.518. The van der Waals surface area contributed by atoms with Gasteiger partial charge >= 0.3 is 0 Å². The van der Waals surface area contributed by atoms with Gasteiger partial charge < -0.3 is 5.32 Å². The van der Waals surface area contributed by atoms with E-state index < -0.39 is 6.04 Å². The molecule has 6 aromatic rings. The Kier molecular flexibility index (Phi) is 6.46. The van der Waals surface area contributed by atoms with Crippen molar-refractivity contribution in [2.75, 3.05) is 0 Å². The van der Waals surface area contributed by atoms with Crippen molar-refractivity contribution in [1.29, 1.82) is 0 Å². The summed E-state index contributed by atoms with van der Waals surface area (Å²) in [5.41, 5.74) is 4.09. The Morgan fingerprint density at radius 1 is 1.05 bits per heavy atom. The number of hydrogen-bond acceptors (Lipinski definition) is 6. The standard InChI is InChI=1S/C31H24N6O2S/c1-19-18-40-26(33-19)14-13-22-9-7-10-23-17-25(37(31(39)28(22)23)24-11-5-4-6-12-24)20(2)34-30(38)27-21(3)35-36-16-8-15-32-29(27)36/h4-12,15-18,20H,1-3H3,(H,34,38)/t20-/m1/s1. The van der Waals surface area contributed by atoms with E-state index in [1.165, 1.54) is 11.3 Å². The lowest BCUT2D eigenvalue weighted by atomic mass is 10.0. The average Bonchev–Trinajstić information content (AvgIpc) is 3.53. The molecular weight excluding hydrogens is 520 g/mol. The second kappa shape index (κ2) is 10.2. The monoisotopic (exact) mass is 544 g/mol. The highest BCUT2D eigenvalue weighted by Crippen LogP contribution is 2.24. The van der Waals surface area contributed by atoms with E-state index in [0.29, 0.717) is 44.2 Å². The molecule has 9 heteroatoms. The van der Waals surface area contributed by atoms with Crippen molar-refractivity contribution >= 4 is 33.7 Å². The van der Waals surface area contributed by atoms with Gasteiger partial charge in [0.05, 0.1) is 17.1 Å². The normalized spacial score (nSPS) is 11.8. The third-order valence-corrected chi connectivity index (χ3v) is 7.48. The van der Waals surface area contributed by atoms with Crippen LogP contribution in [0.1, 0.15) is 51.0 Å². The highest BCUT2D eigenvalue weighted by atomic mass is 32.1. The van der Waals surface area contributed by atoms with Gasteiger partial charge in [-0.05, 0) is 62.4 Å². The first kappa shape index (κ1) is 25.2. The number of nitrogens with zero attached hydrogens (tertiary/aromatic N) is 5.